The summed E-state index contributed by atoms with van der Waals surface area (Å²) in [6.07, 6.45) is 1.05. The Morgan fingerprint density at radius 1 is 0.500 bits per heavy atom. The molecule has 4 aromatic carbocycles. The molecule has 0 aliphatic heterocycles. The maximum atomic E-state index is 14.5. The van der Waals surface area contributed by atoms with E-state index in [0.29, 0.717) is 25.9 Å². The molecule has 5 nitrogen and oxygen atoms in total. The molecule has 0 saturated heterocycles. The van der Waals surface area contributed by atoms with Gasteiger partial charge in [-0.2, -0.15) is 0 Å². The maximum absolute atomic E-state index is 14.5. The van der Waals surface area contributed by atoms with Gasteiger partial charge in [0.2, 0.25) is 0 Å². The van der Waals surface area contributed by atoms with Gasteiger partial charge in [-0.25, -0.2) is 4.79 Å². The second-order valence-electron chi connectivity index (χ2n) is 9.56. The molecule has 4 aromatic rings. The first-order valence-corrected chi connectivity index (χ1v) is 13.1. The third-order valence-corrected chi connectivity index (χ3v) is 6.81. The highest BCUT2D eigenvalue weighted by molar-refractivity contribution is 5.75. The molecular weight excluding hydrogens is 472 g/mol. The minimum atomic E-state index is -0.431. The lowest BCUT2D eigenvalue weighted by molar-refractivity contribution is 0.0718. The van der Waals surface area contributed by atoms with E-state index in [1.54, 1.807) is 9.80 Å². The highest BCUT2D eigenvalue weighted by atomic mass is 16.3. The molecule has 2 N–H and O–H groups in total. The van der Waals surface area contributed by atoms with Crippen molar-refractivity contribution in [3.63, 3.8) is 0 Å². The summed E-state index contributed by atoms with van der Waals surface area (Å²) in [4.78, 5) is 18.0. The monoisotopic (exact) mass is 508 g/mol. The molecule has 0 radical (unpaired) electrons. The Bertz CT molecular complexity index is 1120. The summed E-state index contributed by atoms with van der Waals surface area (Å²) in [5, 5.41) is 21.1. The first-order valence-electron chi connectivity index (χ1n) is 13.1. The Kier molecular flexibility index (Phi) is 10.1. The highest BCUT2D eigenvalue weighted by Gasteiger charge is 2.32. The Morgan fingerprint density at radius 3 is 1.08 bits per heavy atom. The second kappa shape index (κ2) is 14.1. The fourth-order valence-electron chi connectivity index (χ4n) is 4.75. The number of carbonyl (C=O) groups is 1. The number of urea groups is 1. The van der Waals surface area contributed by atoms with Crippen molar-refractivity contribution in [3.05, 3.63) is 144 Å². The van der Waals surface area contributed by atoms with Gasteiger partial charge in [0.05, 0.1) is 25.3 Å². The average Bonchev–Trinajstić information content (AvgIpc) is 2.98. The zero-order valence-corrected chi connectivity index (χ0v) is 21.6. The van der Waals surface area contributed by atoms with Crippen molar-refractivity contribution >= 4 is 6.03 Å². The molecule has 0 fully saturated rings. The van der Waals surface area contributed by atoms with Gasteiger partial charge in [0, 0.05) is 13.1 Å². The topological polar surface area (TPSA) is 64.0 Å². The summed E-state index contributed by atoms with van der Waals surface area (Å²) in [7, 11) is 0. The van der Waals surface area contributed by atoms with Crippen molar-refractivity contribution in [2.24, 2.45) is 0 Å². The fraction of sp³-hybridized carbons (Fsp3) is 0.242. The van der Waals surface area contributed by atoms with Crippen LogP contribution in [0.15, 0.2) is 121 Å². The van der Waals surface area contributed by atoms with Crippen molar-refractivity contribution in [1.82, 2.24) is 9.80 Å². The molecule has 38 heavy (non-hydrogen) atoms. The largest absolute Gasteiger partial charge is 0.394 e. The molecule has 196 valence electrons. The summed E-state index contributed by atoms with van der Waals surface area (Å²) >= 11 is 0. The van der Waals surface area contributed by atoms with Crippen molar-refractivity contribution in [2.75, 3.05) is 13.2 Å². The second-order valence-corrected chi connectivity index (χ2v) is 9.56. The minimum absolute atomic E-state index is 0.172. The first kappa shape index (κ1) is 27.1. The highest BCUT2D eigenvalue weighted by Crippen LogP contribution is 2.21. The lowest BCUT2D eigenvalue weighted by Crippen LogP contribution is -2.54. The van der Waals surface area contributed by atoms with Crippen molar-refractivity contribution in [3.8, 4) is 0 Å². The third-order valence-electron chi connectivity index (χ3n) is 6.81. The Balaban J connectivity index is 1.69. The molecule has 0 aromatic heterocycles. The van der Waals surface area contributed by atoms with Crippen molar-refractivity contribution in [2.45, 2.75) is 38.0 Å². The molecular formula is C33H36N2O3. The number of nitrogens with zero attached hydrogens (tertiary/aromatic N) is 2. The number of hydrogen-bond acceptors (Lipinski definition) is 3. The number of aliphatic hydroxyl groups excluding tert-OH is 2. The van der Waals surface area contributed by atoms with Crippen molar-refractivity contribution < 1.29 is 15.0 Å². The number of benzene rings is 4. The average molecular weight is 509 g/mol. The minimum Gasteiger partial charge on any atom is -0.394 e. The van der Waals surface area contributed by atoms with E-state index in [9.17, 15) is 15.0 Å². The fourth-order valence-corrected chi connectivity index (χ4v) is 4.75. The summed E-state index contributed by atoms with van der Waals surface area (Å²) < 4.78 is 0. The van der Waals surface area contributed by atoms with E-state index in [0.717, 1.165) is 22.3 Å². The Hall–Kier alpha value is -3.93. The van der Waals surface area contributed by atoms with E-state index < -0.39 is 12.1 Å². The van der Waals surface area contributed by atoms with Crippen LogP contribution in [0.5, 0.6) is 0 Å². The molecule has 2 atom stereocenters. The molecule has 0 aliphatic rings. The van der Waals surface area contributed by atoms with Gasteiger partial charge in [0.15, 0.2) is 0 Å². The molecule has 0 unspecified atom stereocenters. The SMILES string of the molecule is O=C(N(Cc1ccccc1)[C@@H](CO)Cc1ccccc1)N(Cc1ccccc1)[C@@H](CO)Cc1ccccc1. The maximum Gasteiger partial charge on any atom is 0.321 e. The van der Waals surface area contributed by atoms with Crippen LogP contribution in [0.2, 0.25) is 0 Å². The summed E-state index contributed by atoms with van der Waals surface area (Å²) in [5.41, 5.74) is 4.07. The normalized spacial score (nSPS) is 12.5. The van der Waals surface area contributed by atoms with E-state index in [1.165, 1.54) is 0 Å². The predicted octanol–water partition coefficient (Wildman–Crippen LogP) is 5.32. The third kappa shape index (κ3) is 7.54. The van der Waals surface area contributed by atoms with E-state index in [4.69, 9.17) is 0 Å². The number of hydrogen-bond donors (Lipinski definition) is 2. The first-order chi connectivity index (χ1) is 18.7. The summed E-state index contributed by atoms with van der Waals surface area (Å²) in [6.45, 7) is 0.364. The van der Waals surface area contributed by atoms with E-state index >= 15 is 0 Å². The van der Waals surface area contributed by atoms with Gasteiger partial charge in [-0.15, -0.1) is 0 Å². The molecule has 0 bridgehead atoms. The van der Waals surface area contributed by atoms with Crippen LogP contribution in [0.4, 0.5) is 4.79 Å². The molecule has 4 rings (SSSR count). The van der Waals surface area contributed by atoms with Crippen LogP contribution in [0, 0.1) is 0 Å². The van der Waals surface area contributed by atoms with Gasteiger partial charge in [-0.3, -0.25) is 0 Å². The number of carbonyl (C=O) groups excluding carboxylic acids is 1. The van der Waals surface area contributed by atoms with E-state index in [1.807, 2.05) is 121 Å². The van der Waals surface area contributed by atoms with Crippen molar-refractivity contribution in [1.29, 1.82) is 0 Å². The molecule has 0 saturated carbocycles. The predicted molar refractivity (Wildman–Crippen MR) is 151 cm³/mol. The summed E-state index contributed by atoms with van der Waals surface area (Å²) in [6, 6.07) is 38.5. The molecule has 0 aliphatic carbocycles. The number of aliphatic hydroxyl groups is 2. The summed E-state index contributed by atoms with van der Waals surface area (Å²) in [5.74, 6) is 0. The molecule has 5 heteroatoms. The van der Waals surface area contributed by atoms with Crippen LogP contribution >= 0.6 is 0 Å². The molecule has 0 spiro atoms. The molecule has 0 heterocycles. The quantitative estimate of drug-likeness (QED) is 0.272. The number of rotatable bonds is 12. The van der Waals surface area contributed by atoms with Crippen LogP contribution in [0.25, 0.3) is 0 Å². The van der Waals surface area contributed by atoms with Crippen LogP contribution < -0.4 is 0 Å². The van der Waals surface area contributed by atoms with Gasteiger partial charge < -0.3 is 20.0 Å². The van der Waals surface area contributed by atoms with E-state index in [-0.39, 0.29) is 19.2 Å². The zero-order valence-electron chi connectivity index (χ0n) is 21.6. The lowest BCUT2D eigenvalue weighted by Gasteiger charge is -2.39. The van der Waals surface area contributed by atoms with E-state index in [2.05, 4.69) is 0 Å². The zero-order chi connectivity index (χ0) is 26.6. The molecule has 2 amide bonds. The van der Waals surface area contributed by atoms with Gasteiger partial charge in [0.25, 0.3) is 0 Å². The van der Waals surface area contributed by atoms with Gasteiger partial charge >= 0.3 is 6.03 Å². The standard InChI is InChI=1S/C33H36N2O3/c36-25-31(21-27-13-5-1-6-14-27)34(23-29-17-9-3-10-18-29)33(38)35(24-30-19-11-4-12-20-30)32(26-37)22-28-15-7-2-8-16-28/h1-20,31-32,36-37H,21-26H2/t31-,32-/m1/s1. The van der Waals surface area contributed by atoms with Crippen LogP contribution in [-0.2, 0) is 25.9 Å². The smallest absolute Gasteiger partial charge is 0.321 e. The number of amides is 2. The lowest BCUT2D eigenvalue weighted by atomic mass is 10.0. The van der Waals surface area contributed by atoms with Gasteiger partial charge in [-0.05, 0) is 35.1 Å². The Morgan fingerprint density at radius 2 is 0.789 bits per heavy atom. The van der Waals surface area contributed by atoms with Crippen LogP contribution in [0.1, 0.15) is 22.3 Å². The van der Waals surface area contributed by atoms with Crippen LogP contribution in [-0.4, -0.2) is 51.3 Å². The van der Waals surface area contributed by atoms with Gasteiger partial charge in [0.1, 0.15) is 0 Å². The van der Waals surface area contributed by atoms with Gasteiger partial charge in [-0.1, -0.05) is 121 Å². The van der Waals surface area contributed by atoms with Crippen LogP contribution in [0.3, 0.4) is 0 Å². The Labute approximate surface area is 225 Å².